The van der Waals surface area contributed by atoms with Gasteiger partial charge >= 0.3 is 0 Å². The fraction of sp³-hybridized carbons (Fsp3) is 0.417. The van der Waals surface area contributed by atoms with Crippen LogP contribution >= 0.6 is 0 Å². The second-order valence-corrected chi connectivity index (χ2v) is 8.98. The fourth-order valence-electron chi connectivity index (χ4n) is 4.40. The highest BCUT2D eigenvalue weighted by Crippen LogP contribution is 2.43. The maximum Gasteiger partial charge on any atom is 0.257 e. The molecule has 0 atom stereocenters. The molecule has 5 N–H and O–H groups in total. The first kappa shape index (κ1) is 23.7. The molecule has 0 bridgehead atoms. The smallest absolute Gasteiger partial charge is 0.257 e. The third kappa shape index (κ3) is 4.02. The van der Waals surface area contributed by atoms with Crippen LogP contribution in [0, 0.1) is 16.7 Å². The number of H-pyrrole nitrogens is 1. The van der Waals surface area contributed by atoms with Gasteiger partial charge in [0.15, 0.2) is 11.5 Å². The van der Waals surface area contributed by atoms with Crippen molar-refractivity contribution in [1.29, 1.82) is 5.26 Å². The largest absolute Gasteiger partial charge is 0.485 e. The minimum Gasteiger partial charge on any atom is -0.485 e. The van der Waals surface area contributed by atoms with E-state index >= 15 is 0 Å². The van der Waals surface area contributed by atoms with E-state index in [0.717, 1.165) is 6.42 Å². The van der Waals surface area contributed by atoms with Gasteiger partial charge in [0.1, 0.15) is 30.7 Å². The molecule has 0 unspecified atom stereocenters. The minimum atomic E-state index is -0.669. The third-order valence-corrected chi connectivity index (χ3v) is 6.37. The van der Waals surface area contributed by atoms with Crippen LogP contribution in [0.15, 0.2) is 18.3 Å². The Bertz CT molecular complexity index is 1340. The summed E-state index contributed by atoms with van der Waals surface area (Å²) in [7, 11) is 0. The van der Waals surface area contributed by atoms with Gasteiger partial charge in [-0.2, -0.15) is 15.2 Å². The summed E-state index contributed by atoms with van der Waals surface area (Å²) in [4.78, 5) is 26.8. The van der Waals surface area contributed by atoms with Crippen LogP contribution in [0.4, 0.5) is 17.5 Å². The molecular formula is C24H27N7O5. The summed E-state index contributed by atoms with van der Waals surface area (Å²) in [5.74, 6) is 1.24. The molecule has 0 spiro atoms. The molecule has 2 aromatic heterocycles. The van der Waals surface area contributed by atoms with Gasteiger partial charge in [-0.05, 0) is 18.6 Å². The van der Waals surface area contributed by atoms with Crippen molar-refractivity contribution in [3.63, 3.8) is 0 Å². The fourth-order valence-corrected chi connectivity index (χ4v) is 4.40. The zero-order valence-electron chi connectivity index (χ0n) is 19.8. The van der Waals surface area contributed by atoms with E-state index in [-0.39, 0.29) is 38.2 Å². The first-order chi connectivity index (χ1) is 17.5. The number of hydrogen-bond donors (Lipinski definition) is 5. The summed E-state index contributed by atoms with van der Waals surface area (Å²) in [5, 5.41) is 35.6. The average molecular weight is 494 g/mol. The number of nitriles is 1. The maximum atomic E-state index is 13.2. The molecule has 3 aromatic rings. The number of amides is 1. The molecule has 0 aliphatic carbocycles. The van der Waals surface area contributed by atoms with Crippen molar-refractivity contribution < 1.29 is 24.5 Å². The van der Waals surface area contributed by atoms with Gasteiger partial charge in [0, 0.05) is 25.8 Å². The molecule has 2 aliphatic rings. The normalized spacial score (nSPS) is 15.8. The summed E-state index contributed by atoms with van der Waals surface area (Å²) >= 11 is 0. The molecule has 0 radical (unpaired) electrons. The van der Waals surface area contributed by atoms with E-state index in [1.807, 2.05) is 6.92 Å². The SMILES string of the molecule is CCCNc1nc(Nc2ccc(C(=O)N3CC(CO)(CO)C3)c3c2OCCO3)nc2[nH]cc(C#N)c12. The molecule has 1 amide bonds. The molecule has 1 fully saturated rings. The van der Waals surface area contributed by atoms with Gasteiger partial charge in [-0.25, -0.2) is 0 Å². The quantitative estimate of drug-likeness (QED) is 0.311. The number of aromatic nitrogens is 3. The Morgan fingerprint density at radius 3 is 2.67 bits per heavy atom. The molecule has 4 heterocycles. The Labute approximate surface area is 206 Å². The number of aliphatic hydroxyl groups excluding tert-OH is 2. The number of rotatable bonds is 8. The number of likely N-dealkylation sites (tertiary alicyclic amines) is 1. The number of nitrogens with zero attached hydrogens (tertiary/aromatic N) is 4. The molecule has 188 valence electrons. The van der Waals surface area contributed by atoms with Crippen molar-refractivity contribution in [1.82, 2.24) is 19.9 Å². The standard InChI is InChI=1S/C24H27N7O5/c1-2-5-26-20-17-14(8-25)9-27-21(17)30-23(29-20)28-16-4-3-15(18-19(16)36-7-6-35-18)22(34)31-10-24(11-31,12-32)13-33/h3-4,9,32-33H,2,5-7,10-13H2,1H3,(H3,26,27,28,29,30). The number of benzene rings is 1. The number of nitrogens with one attached hydrogen (secondary N) is 3. The van der Waals surface area contributed by atoms with E-state index in [1.165, 1.54) is 0 Å². The van der Waals surface area contributed by atoms with Crippen molar-refractivity contribution in [2.24, 2.45) is 5.41 Å². The van der Waals surface area contributed by atoms with E-state index < -0.39 is 5.41 Å². The van der Waals surface area contributed by atoms with Crippen LogP contribution in [-0.4, -0.2) is 82.0 Å². The van der Waals surface area contributed by atoms with Gasteiger partial charge in [0.05, 0.1) is 40.8 Å². The number of aromatic amines is 1. The number of carbonyl (C=O) groups excluding carboxylic acids is 1. The number of fused-ring (bicyclic) bond motifs is 2. The van der Waals surface area contributed by atoms with Crippen LogP contribution in [0.3, 0.4) is 0 Å². The van der Waals surface area contributed by atoms with Crippen LogP contribution < -0.4 is 20.1 Å². The first-order valence-corrected chi connectivity index (χ1v) is 11.8. The van der Waals surface area contributed by atoms with E-state index in [2.05, 4.69) is 31.7 Å². The Morgan fingerprint density at radius 2 is 1.97 bits per heavy atom. The van der Waals surface area contributed by atoms with Crippen LogP contribution in [0.2, 0.25) is 0 Å². The number of aliphatic hydroxyl groups is 2. The van der Waals surface area contributed by atoms with E-state index in [1.54, 1.807) is 23.2 Å². The van der Waals surface area contributed by atoms with E-state index in [9.17, 15) is 20.3 Å². The molecule has 1 saturated heterocycles. The lowest BCUT2D eigenvalue weighted by Gasteiger charge is -2.48. The van der Waals surface area contributed by atoms with Crippen LogP contribution in [-0.2, 0) is 0 Å². The Kier molecular flexibility index (Phi) is 6.26. The average Bonchev–Trinajstić information content (AvgIpc) is 3.30. The topological polar surface area (TPSA) is 169 Å². The van der Waals surface area contributed by atoms with Gasteiger partial charge in [-0.15, -0.1) is 0 Å². The van der Waals surface area contributed by atoms with Crippen molar-refractivity contribution in [3.05, 3.63) is 29.5 Å². The Hall–Kier alpha value is -4.08. The van der Waals surface area contributed by atoms with Gasteiger partial charge in [0.2, 0.25) is 5.95 Å². The molecular weight excluding hydrogens is 466 g/mol. The van der Waals surface area contributed by atoms with Crippen LogP contribution in [0.25, 0.3) is 11.0 Å². The predicted octanol–water partition coefficient (Wildman–Crippen LogP) is 1.59. The molecule has 36 heavy (non-hydrogen) atoms. The molecule has 2 aliphatic heterocycles. The number of anilines is 3. The van der Waals surface area contributed by atoms with Gasteiger partial charge in [0.25, 0.3) is 5.91 Å². The van der Waals surface area contributed by atoms with Crippen molar-refractivity contribution in [3.8, 4) is 17.6 Å². The van der Waals surface area contributed by atoms with Gasteiger partial charge < -0.3 is 40.2 Å². The molecule has 1 aromatic carbocycles. The summed E-state index contributed by atoms with van der Waals surface area (Å²) in [5.41, 5.74) is 1.15. The van der Waals surface area contributed by atoms with Gasteiger partial charge in [-0.1, -0.05) is 6.92 Å². The Morgan fingerprint density at radius 1 is 1.22 bits per heavy atom. The summed E-state index contributed by atoms with van der Waals surface area (Å²) < 4.78 is 11.7. The van der Waals surface area contributed by atoms with Crippen LogP contribution in [0.5, 0.6) is 11.5 Å². The van der Waals surface area contributed by atoms with Gasteiger partial charge in [-0.3, -0.25) is 4.79 Å². The summed E-state index contributed by atoms with van der Waals surface area (Å²) in [6.07, 6.45) is 2.47. The highest BCUT2D eigenvalue weighted by Gasteiger charge is 2.45. The summed E-state index contributed by atoms with van der Waals surface area (Å²) in [6, 6.07) is 5.50. The van der Waals surface area contributed by atoms with Crippen molar-refractivity contribution in [2.45, 2.75) is 13.3 Å². The highest BCUT2D eigenvalue weighted by molar-refractivity contribution is 6.00. The first-order valence-electron chi connectivity index (χ1n) is 11.8. The van der Waals surface area contributed by atoms with Crippen molar-refractivity contribution >= 4 is 34.4 Å². The highest BCUT2D eigenvalue weighted by atomic mass is 16.6. The van der Waals surface area contributed by atoms with E-state index in [0.29, 0.717) is 64.9 Å². The lowest BCUT2D eigenvalue weighted by molar-refractivity contribution is -0.0590. The summed E-state index contributed by atoms with van der Waals surface area (Å²) in [6.45, 7) is 3.46. The number of hydrogen-bond acceptors (Lipinski definition) is 10. The molecule has 12 nitrogen and oxygen atoms in total. The maximum absolute atomic E-state index is 13.2. The van der Waals surface area contributed by atoms with Crippen LogP contribution in [0.1, 0.15) is 29.3 Å². The lowest BCUT2D eigenvalue weighted by Crippen LogP contribution is -2.62. The minimum absolute atomic E-state index is 0.191. The van der Waals surface area contributed by atoms with Crippen molar-refractivity contribution in [2.75, 3.05) is 56.7 Å². The molecule has 12 heteroatoms. The Balaban J connectivity index is 1.46. The second-order valence-electron chi connectivity index (χ2n) is 8.98. The predicted molar refractivity (Wildman–Crippen MR) is 131 cm³/mol. The number of carbonyl (C=O) groups is 1. The zero-order valence-corrected chi connectivity index (χ0v) is 19.8. The third-order valence-electron chi connectivity index (χ3n) is 6.37. The molecule has 5 rings (SSSR count). The monoisotopic (exact) mass is 493 g/mol. The lowest BCUT2D eigenvalue weighted by atomic mass is 9.81. The second kappa shape index (κ2) is 9.52. The zero-order chi connectivity index (χ0) is 25.3. The molecule has 0 saturated carbocycles. The number of ether oxygens (including phenoxy) is 2. The van der Waals surface area contributed by atoms with E-state index in [4.69, 9.17) is 9.47 Å².